The van der Waals surface area contributed by atoms with Gasteiger partial charge in [0.2, 0.25) is 0 Å². The van der Waals surface area contributed by atoms with Gasteiger partial charge in [0.05, 0.1) is 13.7 Å². The fourth-order valence-electron chi connectivity index (χ4n) is 5.67. The fourth-order valence-corrected chi connectivity index (χ4v) is 6.70. The summed E-state index contributed by atoms with van der Waals surface area (Å²) in [6, 6.07) is 38.5. The van der Waals surface area contributed by atoms with Crippen LogP contribution >= 0.6 is 0 Å². The summed E-state index contributed by atoms with van der Waals surface area (Å²) in [5.41, 5.74) is 7.78. The number of furan rings is 2. The zero-order valence-electron chi connectivity index (χ0n) is 27.4. The molecule has 1 radical (unpaired) electrons. The van der Waals surface area contributed by atoms with Gasteiger partial charge >= 0.3 is 0 Å². The first-order valence-electron chi connectivity index (χ1n) is 15.7. The largest absolute Gasteiger partial charge is 0.501 e. The summed E-state index contributed by atoms with van der Waals surface area (Å²) in [4.78, 5) is 9.07. The molecule has 0 aliphatic carbocycles. The fraction of sp³-hybridized carbons (Fsp3) is 0.150. The van der Waals surface area contributed by atoms with Crippen molar-refractivity contribution in [2.75, 3.05) is 0 Å². The number of benzene rings is 4. The molecule has 0 spiro atoms. The van der Waals surface area contributed by atoms with Gasteiger partial charge in [-0.05, 0) is 46.7 Å². The second-order valence-corrected chi connectivity index (χ2v) is 17.6. The quantitative estimate of drug-likeness (QED) is 0.132. The number of nitrogens with zero attached hydrogens (tertiary/aromatic N) is 2. The Hall–Kier alpha value is -4.35. The van der Waals surface area contributed by atoms with Crippen molar-refractivity contribution >= 4 is 57.1 Å². The number of hydrogen-bond acceptors (Lipinski definition) is 4. The molecule has 8 aromatic rings. The van der Waals surface area contributed by atoms with Gasteiger partial charge in [-0.25, -0.2) is 0 Å². The van der Waals surface area contributed by atoms with Crippen LogP contribution in [-0.2, 0) is 20.1 Å². The van der Waals surface area contributed by atoms with E-state index >= 15 is 0 Å². The number of hydrogen-bond donors (Lipinski definition) is 0. The van der Waals surface area contributed by atoms with Gasteiger partial charge in [-0.1, -0.05) is 86.4 Å². The molecule has 4 nitrogen and oxygen atoms in total. The Balaban J connectivity index is 0.000000194. The predicted molar refractivity (Wildman–Crippen MR) is 189 cm³/mol. The van der Waals surface area contributed by atoms with E-state index in [0.29, 0.717) is 0 Å². The summed E-state index contributed by atoms with van der Waals surface area (Å²) in [6.45, 7) is 10.7. The topological polar surface area (TPSA) is 52.1 Å². The Kier molecular flexibility index (Phi) is 8.43. The first-order valence-corrected chi connectivity index (χ1v) is 18.7. The van der Waals surface area contributed by atoms with Crippen LogP contribution in [0, 0.1) is 12.1 Å². The van der Waals surface area contributed by atoms with Crippen LogP contribution in [0.4, 0.5) is 0 Å². The van der Waals surface area contributed by atoms with E-state index in [9.17, 15) is 0 Å². The number of para-hydroxylation sites is 1. The second-order valence-electron chi connectivity index (χ2n) is 12.5. The van der Waals surface area contributed by atoms with Crippen molar-refractivity contribution in [3.8, 4) is 22.5 Å². The number of fused-ring (bicyclic) bond motifs is 7. The molecule has 0 fully saturated rings. The van der Waals surface area contributed by atoms with E-state index in [1.54, 1.807) is 6.20 Å². The standard InChI is InChI=1S/C26H18NO2.C14H16NSi.Ir/c1-15(2)16-12-13-27-20(14-16)17-7-5-8-19-25-23(29-26(17)19)11-10-22-24(25)18-6-3-4-9-21(18)28-22;1-16(2,3)13-9-10-14(15-11-13)12-7-5-4-6-8-12;/h3-6,8-15H,1-2H3;4-7,9-11H,1-3H3;/q2*-1;/i15D;;. The van der Waals surface area contributed by atoms with Gasteiger partial charge in [0, 0.05) is 50.0 Å². The molecule has 46 heavy (non-hydrogen) atoms. The van der Waals surface area contributed by atoms with Crippen LogP contribution in [0.3, 0.4) is 0 Å². The minimum Gasteiger partial charge on any atom is -0.501 e. The number of aromatic nitrogens is 2. The van der Waals surface area contributed by atoms with E-state index in [1.807, 2.05) is 98.9 Å². The Morgan fingerprint density at radius 1 is 0.717 bits per heavy atom. The predicted octanol–water partition coefficient (Wildman–Crippen LogP) is 10.6. The van der Waals surface area contributed by atoms with Crippen LogP contribution in [0.1, 0.15) is 26.7 Å². The van der Waals surface area contributed by atoms with E-state index < -0.39 is 14.0 Å². The third-order valence-electron chi connectivity index (χ3n) is 8.14. The van der Waals surface area contributed by atoms with Crippen LogP contribution in [0.5, 0.6) is 0 Å². The van der Waals surface area contributed by atoms with Gasteiger partial charge in [-0.3, -0.25) is 0 Å². The van der Waals surface area contributed by atoms with E-state index in [-0.39, 0.29) is 20.1 Å². The zero-order valence-corrected chi connectivity index (χ0v) is 29.8. The average Bonchev–Trinajstić information content (AvgIpc) is 3.63. The smallest absolute Gasteiger partial charge is 0.136 e. The van der Waals surface area contributed by atoms with Crippen LogP contribution in [-0.4, -0.2) is 18.0 Å². The summed E-state index contributed by atoms with van der Waals surface area (Å²) in [7, 11) is -1.23. The van der Waals surface area contributed by atoms with Crippen molar-refractivity contribution < 1.29 is 30.3 Å². The molecule has 231 valence electrons. The minimum absolute atomic E-state index is 0. The summed E-state index contributed by atoms with van der Waals surface area (Å²) < 4.78 is 20.8. The van der Waals surface area contributed by atoms with Gasteiger partial charge in [0.15, 0.2) is 0 Å². The van der Waals surface area contributed by atoms with Crippen molar-refractivity contribution in [3.63, 3.8) is 0 Å². The Morgan fingerprint density at radius 2 is 1.48 bits per heavy atom. The molecule has 0 aliphatic rings. The molecule has 0 saturated heterocycles. The van der Waals surface area contributed by atoms with Crippen LogP contribution in [0.2, 0.25) is 19.6 Å². The third kappa shape index (κ3) is 5.96. The van der Waals surface area contributed by atoms with Gasteiger partial charge < -0.3 is 18.8 Å². The summed E-state index contributed by atoms with van der Waals surface area (Å²) in [5.74, 6) is -0.707. The Labute approximate surface area is 285 Å². The van der Waals surface area contributed by atoms with Crippen molar-refractivity contribution in [1.29, 1.82) is 0 Å². The maximum Gasteiger partial charge on any atom is 0.136 e. The van der Waals surface area contributed by atoms with Crippen molar-refractivity contribution in [2.45, 2.75) is 39.4 Å². The van der Waals surface area contributed by atoms with Crippen LogP contribution in [0.15, 0.2) is 118 Å². The molecule has 4 aromatic carbocycles. The monoisotopic (exact) mass is 796 g/mol. The molecule has 0 amide bonds. The van der Waals surface area contributed by atoms with Gasteiger partial charge in [0.1, 0.15) is 16.7 Å². The normalized spacial score (nSPS) is 12.2. The molecule has 0 atom stereocenters. The number of rotatable bonds is 4. The summed E-state index contributed by atoms with van der Waals surface area (Å²) >= 11 is 0. The van der Waals surface area contributed by atoms with Crippen LogP contribution in [0.25, 0.3) is 66.4 Å². The van der Waals surface area contributed by atoms with E-state index in [1.165, 1.54) is 5.19 Å². The van der Waals surface area contributed by atoms with E-state index in [0.717, 1.165) is 72.0 Å². The number of pyridine rings is 2. The molecular weight excluding hydrogens is 761 g/mol. The van der Waals surface area contributed by atoms with E-state index in [2.05, 4.69) is 59.9 Å². The SMILES string of the molecule is C[Si](C)(C)c1ccc(-c2[c-]cccc2)nc1.[2H]C(C)(C)c1ccnc(-c2[c-]ccc3c2oc2ccc4oc5ccccc5c4c23)c1.[Ir]. The Bertz CT molecular complexity index is 2330. The third-order valence-corrected chi connectivity index (χ3v) is 10.2. The average molecular weight is 796 g/mol. The molecule has 0 aliphatic heterocycles. The molecule has 0 bridgehead atoms. The molecule has 8 rings (SSSR count). The summed E-state index contributed by atoms with van der Waals surface area (Å²) in [5, 5.41) is 5.58. The van der Waals surface area contributed by atoms with Gasteiger partial charge in [-0.15, -0.1) is 54.1 Å². The van der Waals surface area contributed by atoms with Crippen molar-refractivity contribution in [2.24, 2.45) is 0 Å². The molecule has 4 aromatic heterocycles. The summed E-state index contributed by atoms with van der Waals surface area (Å²) in [6.07, 6.45) is 3.76. The second kappa shape index (κ2) is 12.8. The molecule has 4 heterocycles. The van der Waals surface area contributed by atoms with Crippen molar-refractivity contribution in [1.82, 2.24) is 9.97 Å². The Morgan fingerprint density at radius 3 is 2.20 bits per heavy atom. The van der Waals surface area contributed by atoms with Gasteiger partial charge in [0.25, 0.3) is 0 Å². The molecular formula is C40H34IrN2O2Si-2. The molecule has 0 unspecified atom stereocenters. The van der Waals surface area contributed by atoms with Crippen LogP contribution < -0.4 is 5.19 Å². The minimum atomic E-state index is -1.23. The molecule has 6 heteroatoms. The maximum absolute atomic E-state index is 8.36. The molecule has 0 saturated carbocycles. The van der Waals surface area contributed by atoms with E-state index in [4.69, 9.17) is 10.2 Å². The zero-order chi connectivity index (χ0) is 32.1. The molecule has 0 N–H and O–H groups in total. The maximum atomic E-state index is 8.36. The van der Waals surface area contributed by atoms with Crippen molar-refractivity contribution in [3.05, 3.63) is 127 Å². The van der Waals surface area contributed by atoms with Gasteiger partial charge in [-0.2, -0.15) is 0 Å². The first kappa shape index (κ1) is 30.3. The first-order chi connectivity index (χ1) is 22.1.